The van der Waals surface area contributed by atoms with E-state index in [2.05, 4.69) is 41.9 Å². The summed E-state index contributed by atoms with van der Waals surface area (Å²) in [6.45, 7) is 7.42. The SMILES string of the molecule is COC(=O)Cc1ccc(CNCCCN(C)C(C)C)s1. The highest BCUT2D eigenvalue weighted by atomic mass is 32.1. The molecule has 4 nitrogen and oxygen atoms in total. The molecule has 1 aromatic heterocycles. The van der Waals surface area contributed by atoms with Gasteiger partial charge in [-0.05, 0) is 52.5 Å². The highest BCUT2D eigenvalue weighted by Gasteiger charge is 2.06. The smallest absolute Gasteiger partial charge is 0.310 e. The van der Waals surface area contributed by atoms with Gasteiger partial charge in [-0.3, -0.25) is 4.79 Å². The van der Waals surface area contributed by atoms with Crippen LogP contribution in [0.4, 0.5) is 0 Å². The number of hydrogen-bond acceptors (Lipinski definition) is 5. The minimum absolute atomic E-state index is 0.178. The fourth-order valence-corrected chi connectivity index (χ4v) is 2.72. The van der Waals surface area contributed by atoms with Gasteiger partial charge in [0.15, 0.2) is 0 Å². The van der Waals surface area contributed by atoms with Crippen molar-refractivity contribution in [2.24, 2.45) is 0 Å². The first-order chi connectivity index (χ1) is 9.52. The molecule has 5 heteroatoms. The van der Waals surface area contributed by atoms with Gasteiger partial charge in [-0.15, -0.1) is 11.3 Å². The Labute approximate surface area is 126 Å². The first kappa shape index (κ1) is 17.1. The van der Waals surface area contributed by atoms with Crippen molar-refractivity contribution in [3.8, 4) is 0 Å². The number of nitrogens with zero attached hydrogens (tertiary/aromatic N) is 1. The second kappa shape index (κ2) is 9.10. The molecular weight excluding hydrogens is 272 g/mol. The highest BCUT2D eigenvalue weighted by Crippen LogP contribution is 2.17. The van der Waals surface area contributed by atoms with Gasteiger partial charge in [0.25, 0.3) is 0 Å². The first-order valence-electron chi connectivity index (χ1n) is 7.08. The van der Waals surface area contributed by atoms with Crippen LogP contribution in [0.5, 0.6) is 0 Å². The largest absolute Gasteiger partial charge is 0.469 e. The number of ether oxygens (including phenoxy) is 1. The molecule has 0 spiro atoms. The van der Waals surface area contributed by atoms with Gasteiger partial charge in [0, 0.05) is 22.3 Å². The lowest BCUT2D eigenvalue weighted by Crippen LogP contribution is -2.29. The van der Waals surface area contributed by atoms with Crippen molar-refractivity contribution in [1.29, 1.82) is 0 Å². The maximum Gasteiger partial charge on any atom is 0.310 e. The fourth-order valence-electron chi connectivity index (χ4n) is 1.75. The number of esters is 1. The monoisotopic (exact) mass is 298 g/mol. The lowest BCUT2D eigenvalue weighted by atomic mass is 10.3. The van der Waals surface area contributed by atoms with E-state index in [-0.39, 0.29) is 5.97 Å². The van der Waals surface area contributed by atoms with E-state index in [9.17, 15) is 4.79 Å². The zero-order valence-corrected chi connectivity index (χ0v) is 13.8. The topological polar surface area (TPSA) is 41.6 Å². The first-order valence-corrected chi connectivity index (χ1v) is 7.90. The second-order valence-corrected chi connectivity index (χ2v) is 6.48. The van der Waals surface area contributed by atoms with E-state index in [0.717, 1.165) is 30.9 Å². The van der Waals surface area contributed by atoms with Gasteiger partial charge < -0.3 is 15.0 Å². The van der Waals surface area contributed by atoms with Gasteiger partial charge in [-0.2, -0.15) is 0 Å². The van der Waals surface area contributed by atoms with Crippen molar-refractivity contribution >= 4 is 17.3 Å². The van der Waals surface area contributed by atoms with E-state index in [1.54, 1.807) is 11.3 Å². The molecule has 0 amide bonds. The van der Waals surface area contributed by atoms with Crippen molar-refractivity contribution < 1.29 is 9.53 Å². The Bertz CT molecular complexity index is 404. The number of rotatable bonds is 9. The van der Waals surface area contributed by atoms with Crippen LogP contribution in [0.1, 0.15) is 30.0 Å². The van der Waals surface area contributed by atoms with Crippen LogP contribution in [-0.4, -0.2) is 44.2 Å². The predicted octanol–water partition coefficient (Wildman–Crippen LogP) is 2.28. The molecule has 0 radical (unpaired) electrons. The maximum atomic E-state index is 11.2. The summed E-state index contributed by atoms with van der Waals surface area (Å²) in [5, 5.41) is 3.44. The Morgan fingerprint density at radius 2 is 2.10 bits per heavy atom. The quantitative estimate of drug-likeness (QED) is 0.561. The van der Waals surface area contributed by atoms with Crippen LogP contribution in [0.15, 0.2) is 12.1 Å². The summed E-state index contributed by atoms with van der Waals surface area (Å²) in [7, 11) is 3.58. The molecule has 0 fully saturated rings. The van der Waals surface area contributed by atoms with Crippen molar-refractivity contribution in [2.45, 2.75) is 39.3 Å². The van der Waals surface area contributed by atoms with Crippen molar-refractivity contribution in [3.63, 3.8) is 0 Å². The summed E-state index contributed by atoms with van der Waals surface area (Å²) in [6, 6.07) is 4.69. The predicted molar refractivity (Wildman–Crippen MR) is 84.1 cm³/mol. The Morgan fingerprint density at radius 3 is 2.75 bits per heavy atom. The minimum atomic E-state index is -0.178. The summed E-state index contributed by atoms with van der Waals surface area (Å²) < 4.78 is 4.67. The fraction of sp³-hybridized carbons (Fsp3) is 0.667. The zero-order chi connectivity index (χ0) is 15.0. The zero-order valence-electron chi connectivity index (χ0n) is 12.9. The average molecular weight is 298 g/mol. The van der Waals surface area contributed by atoms with Gasteiger partial charge in [-0.1, -0.05) is 0 Å². The van der Waals surface area contributed by atoms with Crippen LogP contribution in [0.2, 0.25) is 0 Å². The molecule has 1 N–H and O–H groups in total. The molecule has 114 valence electrons. The van der Waals surface area contributed by atoms with E-state index in [4.69, 9.17) is 0 Å². The van der Waals surface area contributed by atoms with Gasteiger partial charge >= 0.3 is 5.97 Å². The van der Waals surface area contributed by atoms with E-state index in [1.165, 1.54) is 12.0 Å². The number of nitrogens with one attached hydrogen (secondary N) is 1. The third-order valence-corrected chi connectivity index (χ3v) is 4.39. The minimum Gasteiger partial charge on any atom is -0.469 e. The summed E-state index contributed by atoms with van der Waals surface area (Å²) in [5.41, 5.74) is 0. The van der Waals surface area contributed by atoms with Crippen molar-refractivity contribution in [3.05, 3.63) is 21.9 Å². The highest BCUT2D eigenvalue weighted by molar-refractivity contribution is 7.12. The molecule has 0 aliphatic rings. The molecule has 0 saturated carbocycles. The third-order valence-electron chi connectivity index (χ3n) is 3.31. The molecule has 0 saturated heterocycles. The second-order valence-electron chi connectivity index (χ2n) is 5.23. The summed E-state index contributed by atoms with van der Waals surface area (Å²) >= 11 is 1.67. The lowest BCUT2D eigenvalue weighted by molar-refractivity contribution is -0.139. The molecule has 1 aromatic rings. The molecule has 1 rings (SSSR count). The van der Waals surface area contributed by atoms with E-state index >= 15 is 0 Å². The molecule has 0 aromatic carbocycles. The van der Waals surface area contributed by atoms with E-state index in [0.29, 0.717) is 12.5 Å². The van der Waals surface area contributed by atoms with Crippen LogP contribution in [0, 0.1) is 0 Å². The number of methoxy groups -OCH3 is 1. The van der Waals surface area contributed by atoms with Gasteiger partial charge in [-0.25, -0.2) is 0 Å². The molecule has 0 unspecified atom stereocenters. The Morgan fingerprint density at radius 1 is 1.40 bits per heavy atom. The summed E-state index contributed by atoms with van der Waals surface area (Å²) in [5.74, 6) is -0.178. The maximum absolute atomic E-state index is 11.2. The molecule has 0 aliphatic carbocycles. The van der Waals surface area contributed by atoms with Crippen molar-refractivity contribution in [2.75, 3.05) is 27.2 Å². The molecular formula is C15H26N2O2S. The molecule has 0 atom stereocenters. The van der Waals surface area contributed by atoms with Crippen LogP contribution in [-0.2, 0) is 22.5 Å². The van der Waals surface area contributed by atoms with Crippen LogP contribution in [0.25, 0.3) is 0 Å². The van der Waals surface area contributed by atoms with Crippen LogP contribution < -0.4 is 5.32 Å². The lowest BCUT2D eigenvalue weighted by Gasteiger charge is -2.20. The Hall–Kier alpha value is -0.910. The summed E-state index contributed by atoms with van der Waals surface area (Å²) in [6.07, 6.45) is 1.52. The van der Waals surface area contributed by atoms with Gasteiger partial charge in [0.2, 0.25) is 0 Å². The van der Waals surface area contributed by atoms with Crippen molar-refractivity contribution in [1.82, 2.24) is 10.2 Å². The number of carbonyl (C=O) groups excluding carboxylic acids is 1. The van der Waals surface area contributed by atoms with Gasteiger partial charge in [0.05, 0.1) is 13.5 Å². The van der Waals surface area contributed by atoms with Crippen LogP contribution in [0.3, 0.4) is 0 Å². The normalized spacial score (nSPS) is 11.3. The molecule has 0 aliphatic heterocycles. The van der Waals surface area contributed by atoms with E-state index < -0.39 is 0 Å². The third kappa shape index (κ3) is 6.50. The molecule has 20 heavy (non-hydrogen) atoms. The summed E-state index contributed by atoms with van der Waals surface area (Å²) in [4.78, 5) is 15.8. The average Bonchev–Trinajstić information content (AvgIpc) is 2.85. The Kier molecular flexibility index (Phi) is 7.80. The number of hydrogen-bond donors (Lipinski definition) is 1. The van der Waals surface area contributed by atoms with E-state index in [1.807, 2.05) is 6.07 Å². The standard InChI is InChI=1S/C15H26N2O2S/c1-12(2)17(3)9-5-8-16-11-14-7-6-13(20-14)10-15(18)19-4/h6-7,12,16H,5,8-11H2,1-4H3. The Balaban J connectivity index is 2.18. The van der Waals surface area contributed by atoms with Gasteiger partial charge in [0.1, 0.15) is 0 Å². The number of thiophene rings is 1. The molecule has 0 bridgehead atoms. The number of carbonyl (C=O) groups is 1. The van der Waals surface area contributed by atoms with Crippen LogP contribution >= 0.6 is 11.3 Å². The molecule has 1 heterocycles.